The van der Waals surface area contributed by atoms with E-state index in [-0.39, 0.29) is 11.3 Å². The quantitative estimate of drug-likeness (QED) is 0.465. The van der Waals surface area contributed by atoms with E-state index in [2.05, 4.69) is 102 Å². The van der Waals surface area contributed by atoms with Crippen molar-refractivity contribution in [2.75, 3.05) is 44.2 Å². The summed E-state index contributed by atoms with van der Waals surface area (Å²) < 4.78 is 5.57. The third-order valence-electron chi connectivity index (χ3n) is 8.28. The van der Waals surface area contributed by atoms with Gasteiger partial charge < -0.3 is 14.3 Å². The van der Waals surface area contributed by atoms with E-state index in [9.17, 15) is 4.79 Å². The maximum absolute atomic E-state index is 13.3. The summed E-state index contributed by atoms with van der Waals surface area (Å²) in [6, 6.07) is 14.9. The number of hydrogen-bond donors (Lipinski definition) is 0. The van der Waals surface area contributed by atoms with Crippen molar-refractivity contribution < 1.29 is 9.32 Å². The van der Waals surface area contributed by atoms with Crippen molar-refractivity contribution in [3.8, 4) is 11.4 Å². The summed E-state index contributed by atoms with van der Waals surface area (Å²) >= 11 is 0. The third-order valence-corrected chi connectivity index (χ3v) is 8.28. The molecule has 0 N–H and O–H groups in total. The highest BCUT2D eigenvalue weighted by Crippen LogP contribution is 2.27. The summed E-state index contributed by atoms with van der Waals surface area (Å²) in [4.78, 5) is 24.7. The van der Waals surface area contributed by atoms with Gasteiger partial charge in [-0.25, -0.2) is 0 Å². The number of hydrogen-bond acceptors (Lipinski definition) is 6. The number of likely N-dealkylation sites (tertiary alicyclic amines) is 1. The number of carbonyl (C=O) groups is 1. The molecule has 0 saturated carbocycles. The number of benzene rings is 2. The average Bonchev–Trinajstić information content (AvgIpc) is 3.38. The Kier molecular flexibility index (Phi) is 7.57. The summed E-state index contributed by atoms with van der Waals surface area (Å²) in [6.07, 6.45) is 1.76. The maximum atomic E-state index is 13.3. The van der Waals surface area contributed by atoms with Crippen LogP contribution in [-0.4, -0.2) is 65.1 Å². The van der Waals surface area contributed by atoms with Gasteiger partial charge in [0.05, 0.1) is 6.54 Å². The number of piperazine rings is 1. The second-order valence-electron chi connectivity index (χ2n) is 11.9. The SMILES string of the molecule is Cc1cccc(N2CCN(C(=O)C3CCN(Cc4nc(-c5ccc(C(C)(C)C)cc5)no4)CC3)CC2)c1C. The van der Waals surface area contributed by atoms with Crippen LogP contribution in [-0.2, 0) is 16.8 Å². The zero-order valence-electron chi connectivity index (χ0n) is 23.5. The van der Waals surface area contributed by atoms with Gasteiger partial charge in [-0.1, -0.05) is 62.3 Å². The van der Waals surface area contributed by atoms with Gasteiger partial charge in [0.25, 0.3) is 0 Å². The van der Waals surface area contributed by atoms with Crippen molar-refractivity contribution in [2.45, 2.75) is 59.4 Å². The summed E-state index contributed by atoms with van der Waals surface area (Å²) in [7, 11) is 0. The summed E-state index contributed by atoms with van der Waals surface area (Å²) in [5.74, 6) is 1.69. The molecule has 2 aliphatic rings. The van der Waals surface area contributed by atoms with Crippen LogP contribution in [0.5, 0.6) is 0 Å². The lowest BCUT2D eigenvalue weighted by atomic mass is 9.87. The van der Waals surface area contributed by atoms with E-state index < -0.39 is 0 Å². The van der Waals surface area contributed by atoms with E-state index in [1.165, 1.54) is 22.4 Å². The van der Waals surface area contributed by atoms with Crippen LogP contribution in [0.1, 0.15) is 56.2 Å². The molecule has 2 aromatic carbocycles. The molecule has 3 aromatic rings. The standard InChI is InChI=1S/C31H41N5O2/c1-22-7-6-8-27(23(22)2)35-17-19-36(20-18-35)30(37)25-13-15-34(16-14-25)21-28-32-29(33-38-28)24-9-11-26(12-10-24)31(3,4)5/h6-12,25H,13-21H2,1-5H3. The maximum Gasteiger partial charge on any atom is 0.241 e. The molecule has 1 amide bonds. The van der Waals surface area contributed by atoms with Crippen molar-refractivity contribution in [3.05, 3.63) is 65.0 Å². The van der Waals surface area contributed by atoms with Gasteiger partial charge in [-0.15, -0.1) is 0 Å². The van der Waals surface area contributed by atoms with E-state index in [1.807, 2.05) is 0 Å². The van der Waals surface area contributed by atoms with Gasteiger partial charge in [0.15, 0.2) is 0 Å². The molecule has 1 aromatic heterocycles. The second kappa shape index (κ2) is 10.9. The van der Waals surface area contributed by atoms with Gasteiger partial charge in [-0.2, -0.15) is 4.98 Å². The monoisotopic (exact) mass is 515 g/mol. The van der Waals surface area contributed by atoms with Crippen LogP contribution in [0.3, 0.4) is 0 Å². The molecule has 38 heavy (non-hydrogen) atoms. The topological polar surface area (TPSA) is 65.7 Å². The molecule has 7 nitrogen and oxygen atoms in total. The molecule has 2 fully saturated rings. The molecular weight excluding hydrogens is 474 g/mol. The Morgan fingerprint density at radius 2 is 1.63 bits per heavy atom. The summed E-state index contributed by atoms with van der Waals surface area (Å²) in [5, 5.41) is 4.21. The summed E-state index contributed by atoms with van der Waals surface area (Å²) in [5.41, 5.74) is 6.33. The zero-order valence-corrected chi connectivity index (χ0v) is 23.5. The van der Waals surface area contributed by atoms with Crippen molar-refractivity contribution >= 4 is 11.6 Å². The van der Waals surface area contributed by atoms with Gasteiger partial charge in [0.1, 0.15) is 0 Å². The Morgan fingerprint density at radius 3 is 2.29 bits per heavy atom. The van der Waals surface area contributed by atoms with E-state index >= 15 is 0 Å². The molecule has 0 aliphatic carbocycles. The highest BCUT2D eigenvalue weighted by Gasteiger charge is 2.31. The fourth-order valence-electron chi connectivity index (χ4n) is 5.59. The van der Waals surface area contributed by atoms with Gasteiger partial charge >= 0.3 is 0 Å². The number of nitrogens with zero attached hydrogens (tertiary/aromatic N) is 5. The van der Waals surface area contributed by atoms with Crippen LogP contribution < -0.4 is 4.90 Å². The first-order valence-corrected chi connectivity index (χ1v) is 13.9. The molecule has 0 unspecified atom stereocenters. The molecule has 7 heteroatoms. The lowest BCUT2D eigenvalue weighted by molar-refractivity contribution is -0.137. The zero-order chi connectivity index (χ0) is 26.9. The lowest BCUT2D eigenvalue weighted by Crippen LogP contribution is -2.51. The second-order valence-corrected chi connectivity index (χ2v) is 11.9. The molecular formula is C31H41N5O2. The fraction of sp³-hybridized carbons (Fsp3) is 0.516. The van der Waals surface area contributed by atoms with Crippen LogP contribution in [0.15, 0.2) is 47.0 Å². The lowest BCUT2D eigenvalue weighted by Gasteiger charge is -2.39. The van der Waals surface area contributed by atoms with E-state index in [0.29, 0.717) is 24.2 Å². The number of rotatable bonds is 5. The van der Waals surface area contributed by atoms with Gasteiger partial charge in [-0.3, -0.25) is 9.69 Å². The van der Waals surface area contributed by atoms with Crippen LogP contribution in [0.2, 0.25) is 0 Å². The van der Waals surface area contributed by atoms with Crippen LogP contribution in [0, 0.1) is 19.8 Å². The third kappa shape index (κ3) is 5.78. The Hall–Kier alpha value is -3.19. The van der Waals surface area contributed by atoms with Gasteiger partial charge in [-0.05, 0) is 68.0 Å². The minimum Gasteiger partial charge on any atom is -0.368 e. The minimum absolute atomic E-state index is 0.109. The number of aryl methyl sites for hydroxylation is 1. The molecule has 0 radical (unpaired) electrons. The fourth-order valence-corrected chi connectivity index (χ4v) is 5.59. The Labute approximate surface area is 226 Å². The summed E-state index contributed by atoms with van der Waals surface area (Å²) in [6.45, 7) is 16.7. The smallest absolute Gasteiger partial charge is 0.241 e. The highest BCUT2D eigenvalue weighted by molar-refractivity contribution is 5.79. The Bertz CT molecular complexity index is 1240. The number of amides is 1. The number of anilines is 1. The molecule has 5 rings (SSSR count). The number of piperidine rings is 1. The minimum atomic E-state index is 0.109. The molecule has 202 valence electrons. The van der Waals surface area contributed by atoms with Gasteiger partial charge in [0, 0.05) is 43.3 Å². The van der Waals surface area contributed by atoms with Crippen molar-refractivity contribution in [1.29, 1.82) is 0 Å². The first-order valence-electron chi connectivity index (χ1n) is 13.9. The Balaban J connectivity index is 1.10. The Morgan fingerprint density at radius 1 is 0.947 bits per heavy atom. The van der Waals surface area contributed by atoms with E-state index in [4.69, 9.17) is 4.52 Å². The van der Waals surface area contributed by atoms with Gasteiger partial charge in [0.2, 0.25) is 17.6 Å². The largest absolute Gasteiger partial charge is 0.368 e. The van der Waals surface area contributed by atoms with E-state index in [0.717, 1.165) is 57.7 Å². The number of aromatic nitrogens is 2. The first-order chi connectivity index (χ1) is 18.2. The molecule has 2 saturated heterocycles. The molecule has 0 bridgehead atoms. The molecule has 2 aliphatic heterocycles. The molecule has 0 spiro atoms. The predicted molar refractivity (Wildman–Crippen MR) is 151 cm³/mol. The highest BCUT2D eigenvalue weighted by atomic mass is 16.5. The van der Waals surface area contributed by atoms with E-state index in [1.54, 1.807) is 0 Å². The van der Waals surface area contributed by atoms with Crippen molar-refractivity contribution in [3.63, 3.8) is 0 Å². The van der Waals surface area contributed by atoms with Crippen molar-refractivity contribution in [2.24, 2.45) is 5.92 Å². The van der Waals surface area contributed by atoms with Crippen LogP contribution >= 0.6 is 0 Å². The average molecular weight is 516 g/mol. The first kappa shape index (κ1) is 26.4. The predicted octanol–water partition coefficient (Wildman–Crippen LogP) is 5.21. The van der Waals surface area contributed by atoms with Crippen LogP contribution in [0.4, 0.5) is 5.69 Å². The molecule has 3 heterocycles. The van der Waals surface area contributed by atoms with Crippen molar-refractivity contribution in [1.82, 2.24) is 19.9 Å². The normalized spacial score (nSPS) is 17.7. The van der Waals surface area contributed by atoms with Crippen LogP contribution in [0.25, 0.3) is 11.4 Å². The number of carbonyl (C=O) groups excluding carboxylic acids is 1. The molecule has 0 atom stereocenters.